The highest BCUT2D eigenvalue weighted by Gasteiger charge is 2.29. The zero-order chi connectivity index (χ0) is 17.4. The van der Waals surface area contributed by atoms with Crippen molar-refractivity contribution in [3.63, 3.8) is 0 Å². The van der Waals surface area contributed by atoms with Gasteiger partial charge in [0.25, 0.3) is 0 Å². The molecule has 0 spiro atoms. The third-order valence-corrected chi connectivity index (χ3v) is 4.70. The summed E-state index contributed by atoms with van der Waals surface area (Å²) in [6.07, 6.45) is 3.93. The highest BCUT2D eigenvalue weighted by Crippen LogP contribution is 2.30. The van der Waals surface area contributed by atoms with Gasteiger partial charge in [-0.05, 0) is 50.7 Å². The number of carbonyl (C=O) groups is 2. The Morgan fingerprint density at radius 1 is 1.08 bits per heavy atom. The quantitative estimate of drug-likeness (QED) is 0.755. The molecule has 1 aliphatic rings. The fourth-order valence-corrected chi connectivity index (χ4v) is 3.14. The van der Waals surface area contributed by atoms with Gasteiger partial charge in [-0.3, -0.25) is 9.59 Å². The van der Waals surface area contributed by atoms with E-state index in [-0.39, 0.29) is 23.7 Å². The third-order valence-electron chi connectivity index (χ3n) is 4.70. The number of nitrogens with one attached hydrogen (secondary N) is 2. The molecule has 1 fully saturated rings. The van der Waals surface area contributed by atoms with Crippen molar-refractivity contribution < 1.29 is 14.3 Å². The molecule has 2 rings (SSSR count). The van der Waals surface area contributed by atoms with Gasteiger partial charge in [0.05, 0.1) is 0 Å². The summed E-state index contributed by atoms with van der Waals surface area (Å²) in [6, 6.07) is 7.79. The van der Waals surface area contributed by atoms with Crippen LogP contribution in [0.25, 0.3) is 0 Å². The number of benzene rings is 1. The molecule has 0 aromatic heterocycles. The first-order valence-corrected chi connectivity index (χ1v) is 8.75. The van der Waals surface area contributed by atoms with E-state index in [0.717, 1.165) is 43.4 Å². The molecule has 1 saturated carbocycles. The molecule has 5 nitrogen and oxygen atoms in total. The van der Waals surface area contributed by atoms with Crippen molar-refractivity contribution in [2.45, 2.75) is 39.0 Å². The maximum Gasteiger partial charge on any atom is 0.227 e. The average Bonchev–Trinajstić information content (AvgIpc) is 2.60. The largest absolute Gasteiger partial charge is 0.385 e. The summed E-state index contributed by atoms with van der Waals surface area (Å²) < 4.78 is 4.97. The number of methoxy groups -OCH3 is 1. The molecule has 2 N–H and O–H groups in total. The van der Waals surface area contributed by atoms with Crippen LogP contribution >= 0.6 is 0 Å². The van der Waals surface area contributed by atoms with Crippen molar-refractivity contribution in [3.05, 3.63) is 29.8 Å². The van der Waals surface area contributed by atoms with Gasteiger partial charge in [0.1, 0.15) is 0 Å². The summed E-state index contributed by atoms with van der Waals surface area (Å²) in [5.41, 5.74) is 1.94. The summed E-state index contributed by atoms with van der Waals surface area (Å²) in [5, 5.41) is 5.98. The molecular formula is C19H28N2O3. The molecule has 2 amide bonds. The summed E-state index contributed by atoms with van der Waals surface area (Å²) in [7, 11) is 1.66. The molecule has 0 atom stereocenters. The summed E-state index contributed by atoms with van der Waals surface area (Å²) in [5.74, 6) is 0.226. The summed E-state index contributed by atoms with van der Waals surface area (Å²) in [6.45, 7) is 3.30. The number of rotatable bonds is 7. The van der Waals surface area contributed by atoms with Crippen molar-refractivity contribution in [2.75, 3.05) is 25.6 Å². The Kier molecular flexibility index (Phi) is 7.25. The summed E-state index contributed by atoms with van der Waals surface area (Å²) >= 11 is 0. The number of anilines is 1. The van der Waals surface area contributed by atoms with E-state index in [0.29, 0.717) is 13.2 Å². The minimum atomic E-state index is 0.00199. The second-order valence-electron chi connectivity index (χ2n) is 6.49. The first-order chi connectivity index (χ1) is 11.6. The molecular weight excluding hydrogens is 304 g/mol. The Morgan fingerprint density at radius 3 is 2.33 bits per heavy atom. The molecule has 1 aliphatic carbocycles. The Morgan fingerprint density at radius 2 is 1.71 bits per heavy atom. The smallest absolute Gasteiger partial charge is 0.227 e. The van der Waals surface area contributed by atoms with Gasteiger partial charge in [0.2, 0.25) is 11.8 Å². The van der Waals surface area contributed by atoms with Crippen LogP contribution in [-0.4, -0.2) is 32.1 Å². The van der Waals surface area contributed by atoms with Gasteiger partial charge in [0.15, 0.2) is 0 Å². The lowest BCUT2D eigenvalue weighted by molar-refractivity contribution is -0.128. The van der Waals surface area contributed by atoms with Crippen molar-refractivity contribution in [2.24, 2.45) is 11.8 Å². The topological polar surface area (TPSA) is 67.4 Å². The molecule has 0 aliphatic heterocycles. The lowest BCUT2D eigenvalue weighted by Crippen LogP contribution is -2.36. The minimum Gasteiger partial charge on any atom is -0.385 e. The van der Waals surface area contributed by atoms with E-state index in [1.165, 1.54) is 0 Å². The third kappa shape index (κ3) is 5.34. The first kappa shape index (κ1) is 18.5. The van der Waals surface area contributed by atoms with E-state index < -0.39 is 0 Å². The molecule has 1 aromatic rings. The Bertz CT molecular complexity index is 551. The lowest BCUT2D eigenvalue weighted by Gasteiger charge is -2.27. The number of para-hydroxylation sites is 1. The number of aryl methyl sites for hydroxylation is 1. The number of hydrogen-bond donors (Lipinski definition) is 2. The molecule has 0 radical (unpaired) electrons. The number of amides is 2. The fraction of sp³-hybridized carbons (Fsp3) is 0.579. The molecule has 132 valence electrons. The van der Waals surface area contributed by atoms with Crippen molar-refractivity contribution in [1.29, 1.82) is 0 Å². The van der Waals surface area contributed by atoms with E-state index in [9.17, 15) is 9.59 Å². The number of carbonyl (C=O) groups excluding carboxylic acids is 2. The molecule has 0 saturated heterocycles. The van der Waals surface area contributed by atoms with Crippen molar-refractivity contribution >= 4 is 17.5 Å². The van der Waals surface area contributed by atoms with Crippen LogP contribution in [0.15, 0.2) is 24.3 Å². The maximum atomic E-state index is 12.4. The van der Waals surface area contributed by atoms with Gasteiger partial charge in [-0.15, -0.1) is 0 Å². The van der Waals surface area contributed by atoms with E-state index >= 15 is 0 Å². The average molecular weight is 332 g/mol. The van der Waals surface area contributed by atoms with Crippen LogP contribution in [0.3, 0.4) is 0 Å². The zero-order valence-electron chi connectivity index (χ0n) is 14.6. The van der Waals surface area contributed by atoms with E-state index in [1.807, 2.05) is 31.2 Å². The van der Waals surface area contributed by atoms with Gasteiger partial charge < -0.3 is 15.4 Å². The predicted molar refractivity (Wildman–Crippen MR) is 94.8 cm³/mol. The number of ether oxygens (including phenoxy) is 1. The summed E-state index contributed by atoms with van der Waals surface area (Å²) in [4.78, 5) is 24.5. The van der Waals surface area contributed by atoms with Crippen LogP contribution in [0.2, 0.25) is 0 Å². The highest BCUT2D eigenvalue weighted by atomic mass is 16.5. The van der Waals surface area contributed by atoms with Crippen LogP contribution in [-0.2, 0) is 14.3 Å². The van der Waals surface area contributed by atoms with Crippen LogP contribution in [0, 0.1) is 18.8 Å². The Balaban J connectivity index is 1.75. The molecule has 0 heterocycles. The molecule has 1 aromatic carbocycles. The van der Waals surface area contributed by atoms with E-state index in [2.05, 4.69) is 10.6 Å². The second-order valence-corrected chi connectivity index (χ2v) is 6.49. The fourth-order valence-electron chi connectivity index (χ4n) is 3.14. The van der Waals surface area contributed by atoms with Gasteiger partial charge in [-0.25, -0.2) is 0 Å². The predicted octanol–water partition coefficient (Wildman–Crippen LogP) is 2.89. The molecule has 0 bridgehead atoms. The van der Waals surface area contributed by atoms with Crippen LogP contribution in [0.5, 0.6) is 0 Å². The zero-order valence-corrected chi connectivity index (χ0v) is 14.6. The maximum absolute atomic E-state index is 12.4. The molecule has 5 heteroatoms. The van der Waals surface area contributed by atoms with Crippen LogP contribution in [0.1, 0.15) is 37.7 Å². The monoisotopic (exact) mass is 332 g/mol. The minimum absolute atomic E-state index is 0.00199. The van der Waals surface area contributed by atoms with Gasteiger partial charge in [-0.1, -0.05) is 18.2 Å². The highest BCUT2D eigenvalue weighted by molar-refractivity contribution is 5.93. The van der Waals surface area contributed by atoms with Gasteiger partial charge in [0, 0.05) is 37.8 Å². The first-order valence-electron chi connectivity index (χ1n) is 8.75. The van der Waals surface area contributed by atoms with Crippen molar-refractivity contribution in [1.82, 2.24) is 5.32 Å². The SMILES string of the molecule is COCCCNC(=O)C1CCC(C(=O)Nc2ccccc2C)CC1. The Labute approximate surface area is 144 Å². The lowest BCUT2D eigenvalue weighted by atomic mass is 9.81. The van der Waals surface area contributed by atoms with Crippen molar-refractivity contribution in [3.8, 4) is 0 Å². The van der Waals surface area contributed by atoms with E-state index in [1.54, 1.807) is 7.11 Å². The molecule has 0 unspecified atom stereocenters. The van der Waals surface area contributed by atoms with Gasteiger partial charge in [-0.2, -0.15) is 0 Å². The number of hydrogen-bond acceptors (Lipinski definition) is 3. The van der Waals surface area contributed by atoms with E-state index in [4.69, 9.17) is 4.74 Å². The normalized spacial score (nSPS) is 20.4. The second kappa shape index (κ2) is 9.42. The van der Waals surface area contributed by atoms with Crippen LogP contribution < -0.4 is 10.6 Å². The Hall–Kier alpha value is -1.88. The van der Waals surface area contributed by atoms with Gasteiger partial charge >= 0.3 is 0 Å². The standard InChI is InChI=1S/C19H28N2O3/c1-14-6-3-4-7-17(14)21-19(23)16-10-8-15(9-11-16)18(22)20-12-5-13-24-2/h3-4,6-7,15-16H,5,8-13H2,1-2H3,(H,20,22)(H,21,23). The molecule has 24 heavy (non-hydrogen) atoms. The van der Waals surface area contributed by atoms with Crippen LogP contribution in [0.4, 0.5) is 5.69 Å².